The highest BCUT2D eigenvalue weighted by Crippen LogP contribution is 2.42. The molecule has 2 aromatic carbocycles. The second-order valence-corrected chi connectivity index (χ2v) is 4.05. The van der Waals surface area contributed by atoms with Gasteiger partial charge in [0.2, 0.25) is 11.6 Å². The van der Waals surface area contributed by atoms with Crippen LogP contribution in [0.3, 0.4) is 0 Å². The maximum Gasteiger partial charge on any atom is 0.211 e. The van der Waals surface area contributed by atoms with Crippen LogP contribution in [-0.4, -0.2) is 13.3 Å². The molecular formula is C14H8F3NO2. The summed E-state index contributed by atoms with van der Waals surface area (Å²) in [4.78, 5) is 3.96. The first kappa shape index (κ1) is 12.5. The Hall–Kier alpha value is -2.50. The number of hydrogen-bond acceptors (Lipinski definition) is 3. The topological polar surface area (TPSA) is 30.8 Å². The number of halogens is 3. The lowest BCUT2D eigenvalue weighted by molar-refractivity contribution is 0.332. The summed E-state index contributed by atoms with van der Waals surface area (Å²) in [5.74, 6) is -4.82. The smallest absolute Gasteiger partial charge is 0.211 e. The molecule has 3 nitrogen and oxygen atoms in total. The number of ether oxygens (including phenoxy) is 2. The van der Waals surface area contributed by atoms with Gasteiger partial charge in [0.1, 0.15) is 5.69 Å². The Morgan fingerprint density at radius 2 is 1.80 bits per heavy atom. The van der Waals surface area contributed by atoms with E-state index in [1.165, 1.54) is 0 Å². The maximum atomic E-state index is 14.2. The van der Waals surface area contributed by atoms with Crippen molar-refractivity contribution in [1.82, 2.24) is 0 Å². The van der Waals surface area contributed by atoms with Crippen LogP contribution in [0.25, 0.3) is 0 Å². The number of para-hydroxylation sites is 2. The Morgan fingerprint density at radius 3 is 2.55 bits per heavy atom. The van der Waals surface area contributed by atoms with Gasteiger partial charge in [0.25, 0.3) is 0 Å². The molecule has 0 amide bonds. The molecule has 0 saturated carbocycles. The highest BCUT2D eigenvalue weighted by molar-refractivity contribution is 5.88. The van der Waals surface area contributed by atoms with Gasteiger partial charge in [-0.15, -0.1) is 0 Å². The summed E-state index contributed by atoms with van der Waals surface area (Å²) in [6.07, 6.45) is 1.03. The number of nitrogens with zero attached hydrogens (tertiary/aromatic N) is 1. The van der Waals surface area contributed by atoms with Crippen molar-refractivity contribution < 1.29 is 22.6 Å². The van der Waals surface area contributed by atoms with Gasteiger partial charge in [-0.2, -0.15) is 8.78 Å². The minimum Gasteiger partial charge on any atom is -0.491 e. The van der Waals surface area contributed by atoms with E-state index in [-0.39, 0.29) is 5.75 Å². The number of hydrogen-bond donors (Lipinski definition) is 0. The largest absolute Gasteiger partial charge is 0.491 e. The summed E-state index contributed by atoms with van der Waals surface area (Å²) in [6.45, 7) is 0. The van der Waals surface area contributed by atoms with Crippen molar-refractivity contribution >= 4 is 11.9 Å². The molecule has 0 fully saturated rings. The average molecular weight is 279 g/mol. The van der Waals surface area contributed by atoms with Crippen LogP contribution in [0.2, 0.25) is 0 Å². The summed E-state index contributed by atoms with van der Waals surface area (Å²) < 4.78 is 51.6. The van der Waals surface area contributed by atoms with Crippen LogP contribution in [0.15, 0.2) is 29.3 Å². The van der Waals surface area contributed by atoms with Crippen LogP contribution in [0.1, 0.15) is 5.56 Å². The van der Waals surface area contributed by atoms with E-state index in [0.29, 0.717) is 5.69 Å². The summed E-state index contributed by atoms with van der Waals surface area (Å²) in [6, 6.07) is 6.52. The third-order valence-electron chi connectivity index (χ3n) is 2.89. The summed E-state index contributed by atoms with van der Waals surface area (Å²) in [5.41, 5.74) is -0.00104. The van der Waals surface area contributed by atoms with E-state index >= 15 is 0 Å². The molecule has 0 bridgehead atoms. The third kappa shape index (κ3) is 1.72. The molecule has 0 unspecified atom stereocenters. The fraction of sp³-hybridized carbons (Fsp3) is 0.0714. The number of fused-ring (bicyclic) bond motifs is 2. The van der Waals surface area contributed by atoms with Gasteiger partial charge in [-0.25, -0.2) is 4.39 Å². The molecule has 1 aliphatic rings. The SMILES string of the molecule is COc1c(F)c(F)c2c(c1F)Oc1ccccc1N=C2. The first-order valence-electron chi connectivity index (χ1n) is 5.69. The molecule has 0 saturated heterocycles. The zero-order valence-corrected chi connectivity index (χ0v) is 10.3. The molecule has 0 aliphatic carbocycles. The van der Waals surface area contributed by atoms with E-state index in [2.05, 4.69) is 9.73 Å². The van der Waals surface area contributed by atoms with Crippen LogP contribution in [0.5, 0.6) is 17.2 Å². The lowest BCUT2D eigenvalue weighted by Gasteiger charge is -2.12. The lowest BCUT2D eigenvalue weighted by atomic mass is 10.1. The highest BCUT2D eigenvalue weighted by atomic mass is 19.2. The molecule has 20 heavy (non-hydrogen) atoms. The van der Waals surface area contributed by atoms with Gasteiger partial charge in [0.05, 0.1) is 12.7 Å². The molecule has 2 aromatic rings. The quantitative estimate of drug-likeness (QED) is 0.631. The van der Waals surface area contributed by atoms with Crippen LogP contribution < -0.4 is 9.47 Å². The molecule has 1 heterocycles. The van der Waals surface area contributed by atoms with Crippen molar-refractivity contribution in [2.75, 3.05) is 7.11 Å². The second-order valence-electron chi connectivity index (χ2n) is 4.05. The van der Waals surface area contributed by atoms with Crippen molar-refractivity contribution in [2.45, 2.75) is 0 Å². The van der Waals surface area contributed by atoms with Gasteiger partial charge in [0, 0.05) is 6.21 Å². The van der Waals surface area contributed by atoms with E-state index in [0.717, 1.165) is 13.3 Å². The molecule has 0 N–H and O–H groups in total. The normalized spacial score (nSPS) is 12.2. The van der Waals surface area contributed by atoms with Gasteiger partial charge in [-0.05, 0) is 12.1 Å². The van der Waals surface area contributed by atoms with Gasteiger partial charge in [-0.1, -0.05) is 12.1 Å². The standard InChI is InChI=1S/C14H8F3NO2/c1-19-14-11(16)10(15)7-6-18-8-4-2-3-5-9(8)20-13(7)12(14)17/h2-6H,1H3. The average Bonchev–Trinajstić information content (AvgIpc) is 2.65. The molecule has 6 heteroatoms. The Kier molecular flexibility index (Phi) is 2.85. The van der Waals surface area contributed by atoms with Crippen molar-refractivity contribution in [3.05, 3.63) is 47.3 Å². The van der Waals surface area contributed by atoms with E-state index in [4.69, 9.17) is 4.74 Å². The minimum absolute atomic E-state index is 0.245. The Morgan fingerprint density at radius 1 is 1.05 bits per heavy atom. The fourth-order valence-electron chi connectivity index (χ4n) is 1.92. The Labute approximate surface area is 112 Å². The van der Waals surface area contributed by atoms with Crippen LogP contribution >= 0.6 is 0 Å². The molecule has 1 aliphatic heterocycles. The zero-order valence-electron chi connectivity index (χ0n) is 10.3. The zero-order chi connectivity index (χ0) is 14.3. The van der Waals surface area contributed by atoms with E-state index in [1.807, 2.05) is 0 Å². The van der Waals surface area contributed by atoms with Crippen LogP contribution in [0, 0.1) is 17.5 Å². The number of aliphatic imine (C=N–C) groups is 1. The first-order chi connectivity index (χ1) is 9.63. The van der Waals surface area contributed by atoms with Crippen molar-refractivity contribution in [3.63, 3.8) is 0 Å². The molecule has 0 radical (unpaired) electrons. The summed E-state index contributed by atoms with van der Waals surface area (Å²) >= 11 is 0. The molecule has 0 aromatic heterocycles. The highest BCUT2D eigenvalue weighted by Gasteiger charge is 2.28. The van der Waals surface area contributed by atoms with Crippen molar-refractivity contribution in [3.8, 4) is 17.2 Å². The Balaban J connectivity index is 2.29. The molecule has 3 rings (SSSR count). The van der Waals surface area contributed by atoms with Gasteiger partial charge < -0.3 is 9.47 Å². The van der Waals surface area contributed by atoms with Crippen molar-refractivity contribution in [2.24, 2.45) is 4.99 Å². The van der Waals surface area contributed by atoms with E-state index < -0.39 is 34.5 Å². The fourth-order valence-corrected chi connectivity index (χ4v) is 1.92. The van der Waals surface area contributed by atoms with Crippen molar-refractivity contribution in [1.29, 1.82) is 0 Å². The van der Waals surface area contributed by atoms with E-state index in [9.17, 15) is 13.2 Å². The predicted molar refractivity (Wildman–Crippen MR) is 66.6 cm³/mol. The maximum absolute atomic E-state index is 14.2. The molecule has 0 spiro atoms. The van der Waals surface area contributed by atoms with Gasteiger partial charge >= 0.3 is 0 Å². The van der Waals surface area contributed by atoms with Gasteiger partial charge in [-0.3, -0.25) is 4.99 Å². The molecular weight excluding hydrogens is 271 g/mol. The predicted octanol–water partition coefficient (Wildman–Crippen LogP) is 3.97. The minimum atomic E-state index is -1.41. The second kappa shape index (κ2) is 4.56. The lowest BCUT2D eigenvalue weighted by Crippen LogP contribution is -2.04. The molecule has 102 valence electrons. The molecule has 0 atom stereocenters. The first-order valence-corrected chi connectivity index (χ1v) is 5.69. The third-order valence-corrected chi connectivity index (χ3v) is 2.89. The Bertz CT molecular complexity index is 729. The number of rotatable bonds is 1. The summed E-state index contributed by atoms with van der Waals surface area (Å²) in [7, 11) is 1.05. The van der Waals surface area contributed by atoms with Gasteiger partial charge in [0.15, 0.2) is 23.1 Å². The number of benzene rings is 2. The summed E-state index contributed by atoms with van der Waals surface area (Å²) in [5, 5.41) is 0. The van der Waals surface area contributed by atoms with Crippen LogP contribution in [-0.2, 0) is 0 Å². The monoisotopic (exact) mass is 279 g/mol. The number of methoxy groups -OCH3 is 1. The van der Waals surface area contributed by atoms with Crippen LogP contribution in [0.4, 0.5) is 18.9 Å². The van der Waals surface area contributed by atoms with E-state index in [1.54, 1.807) is 24.3 Å².